The molecule has 22 heavy (non-hydrogen) atoms. The van der Waals surface area contributed by atoms with Crippen LogP contribution < -0.4 is 0 Å². The largest absolute Gasteiger partial charge is 0.281 e. The summed E-state index contributed by atoms with van der Waals surface area (Å²) in [5.41, 5.74) is 4.33. The van der Waals surface area contributed by atoms with E-state index in [9.17, 15) is 9.59 Å². The Balaban J connectivity index is 2.06. The Morgan fingerprint density at radius 2 is 0.909 bits per heavy atom. The molecule has 2 aromatic rings. The fourth-order valence-electron chi connectivity index (χ4n) is 4.22. The summed E-state index contributed by atoms with van der Waals surface area (Å²) >= 11 is 11.7. The van der Waals surface area contributed by atoms with Crippen molar-refractivity contribution < 1.29 is 9.59 Å². The van der Waals surface area contributed by atoms with E-state index in [1.54, 1.807) is 0 Å². The summed E-state index contributed by atoms with van der Waals surface area (Å²) < 4.78 is 0. The molecule has 0 spiro atoms. The van der Waals surface area contributed by atoms with Gasteiger partial charge in [-0.15, -0.1) is 0 Å². The molecule has 2 nitrogen and oxygen atoms in total. The van der Waals surface area contributed by atoms with Gasteiger partial charge in [-0.3, -0.25) is 9.59 Å². The molecule has 110 valence electrons. The topological polar surface area (TPSA) is 34.1 Å². The van der Waals surface area contributed by atoms with Crippen molar-refractivity contribution in [1.82, 2.24) is 0 Å². The minimum absolute atomic E-state index is 0.199. The molecule has 5 rings (SSSR count). The van der Waals surface area contributed by atoms with Gasteiger partial charge < -0.3 is 0 Å². The van der Waals surface area contributed by atoms with Crippen LogP contribution in [-0.2, 0) is 9.59 Å². The van der Waals surface area contributed by atoms with Gasteiger partial charge in [0.05, 0.1) is 11.8 Å². The predicted octanol–water partition coefficient (Wildman–Crippen LogP) is 4.04. The molecule has 2 atom stereocenters. The van der Waals surface area contributed by atoms with Gasteiger partial charge in [0.25, 0.3) is 0 Å². The van der Waals surface area contributed by atoms with Gasteiger partial charge in [-0.05, 0) is 45.5 Å². The number of carbonyl (C=O) groups excluding carboxylic acids is 2. The van der Waals surface area contributed by atoms with Crippen LogP contribution in [0.5, 0.6) is 0 Å². The highest BCUT2D eigenvalue weighted by atomic mass is 35.5. The van der Waals surface area contributed by atoms with Crippen molar-refractivity contribution in [2.24, 2.45) is 11.8 Å². The van der Waals surface area contributed by atoms with E-state index in [0.717, 1.165) is 22.3 Å². The molecule has 2 aromatic carbocycles. The van der Waals surface area contributed by atoms with Crippen LogP contribution in [-0.4, -0.2) is 10.5 Å². The van der Waals surface area contributed by atoms with Crippen molar-refractivity contribution >= 4 is 33.7 Å². The van der Waals surface area contributed by atoms with Gasteiger partial charge in [0.15, 0.2) is 0 Å². The summed E-state index contributed by atoms with van der Waals surface area (Å²) in [6, 6.07) is 15.9. The molecule has 3 aliphatic rings. The summed E-state index contributed by atoms with van der Waals surface area (Å²) in [6.45, 7) is 0. The molecule has 0 aliphatic heterocycles. The molecule has 0 radical (unpaired) electrons. The number of fused-ring (bicyclic) bond motifs is 1. The molecular weight excluding hydrogens is 319 g/mol. The third kappa shape index (κ3) is 1.74. The molecule has 2 bridgehead atoms. The molecule has 0 saturated heterocycles. The van der Waals surface area contributed by atoms with E-state index in [1.807, 2.05) is 48.5 Å². The standard InChI is InChI=1S/C18H12Cl2O2/c19-17(21)15-13-9-5-1-2-6-10(9)14(16(15)18(20)22)12-8-4-3-7-11(12)13/h1-8,13-16H/t13?,14?,15-,16-/m1/s1. The van der Waals surface area contributed by atoms with E-state index in [-0.39, 0.29) is 11.8 Å². The van der Waals surface area contributed by atoms with Crippen LogP contribution in [0.25, 0.3) is 0 Å². The quantitative estimate of drug-likeness (QED) is 0.779. The fourth-order valence-corrected chi connectivity index (χ4v) is 4.75. The van der Waals surface area contributed by atoms with E-state index in [1.165, 1.54) is 0 Å². The van der Waals surface area contributed by atoms with Gasteiger partial charge in [0, 0.05) is 11.8 Å². The van der Waals surface area contributed by atoms with Gasteiger partial charge in [0.2, 0.25) is 10.5 Å². The summed E-state index contributed by atoms with van der Waals surface area (Å²) in [5.74, 6) is -1.59. The lowest BCUT2D eigenvalue weighted by atomic mass is 9.55. The Kier molecular flexibility index (Phi) is 3.14. The Morgan fingerprint density at radius 3 is 1.14 bits per heavy atom. The smallest absolute Gasteiger partial charge is 0.226 e. The second-order valence-electron chi connectivity index (χ2n) is 5.87. The van der Waals surface area contributed by atoms with Crippen molar-refractivity contribution in [2.45, 2.75) is 11.8 Å². The van der Waals surface area contributed by atoms with Gasteiger partial charge in [0.1, 0.15) is 0 Å². The Hall–Kier alpha value is -1.64. The van der Waals surface area contributed by atoms with Crippen LogP contribution in [0, 0.1) is 11.8 Å². The zero-order chi connectivity index (χ0) is 15.4. The van der Waals surface area contributed by atoms with E-state index in [4.69, 9.17) is 23.2 Å². The van der Waals surface area contributed by atoms with Crippen LogP contribution in [0.15, 0.2) is 48.5 Å². The second-order valence-corrected chi connectivity index (χ2v) is 6.62. The number of carbonyl (C=O) groups is 2. The lowest BCUT2D eigenvalue weighted by molar-refractivity contribution is -0.125. The molecule has 0 aromatic heterocycles. The Morgan fingerprint density at radius 1 is 0.636 bits per heavy atom. The van der Waals surface area contributed by atoms with Crippen molar-refractivity contribution in [3.8, 4) is 0 Å². The molecule has 3 aliphatic carbocycles. The summed E-state index contributed by atoms with van der Waals surface area (Å²) in [7, 11) is 0. The van der Waals surface area contributed by atoms with Crippen LogP contribution >= 0.6 is 23.2 Å². The van der Waals surface area contributed by atoms with Gasteiger partial charge >= 0.3 is 0 Å². The molecule has 0 heterocycles. The van der Waals surface area contributed by atoms with Crippen LogP contribution in [0.4, 0.5) is 0 Å². The number of hydrogen-bond acceptors (Lipinski definition) is 2. The summed E-state index contributed by atoms with van der Waals surface area (Å²) in [5, 5.41) is -0.976. The fraction of sp³-hybridized carbons (Fsp3) is 0.222. The molecule has 0 fully saturated rings. The number of benzene rings is 2. The Bertz CT molecular complexity index is 686. The predicted molar refractivity (Wildman–Crippen MR) is 85.3 cm³/mol. The average molecular weight is 331 g/mol. The van der Waals surface area contributed by atoms with E-state index < -0.39 is 22.3 Å². The van der Waals surface area contributed by atoms with Crippen molar-refractivity contribution in [3.05, 3.63) is 70.8 Å². The lowest BCUT2D eigenvalue weighted by Crippen LogP contribution is -2.44. The normalized spacial score (nSPS) is 27.9. The van der Waals surface area contributed by atoms with Crippen molar-refractivity contribution in [1.29, 1.82) is 0 Å². The van der Waals surface area contributed by atoms with Gasteiger partial charge in [-0.2, -0.15) is 0 Å². The molecule has 0 N–H and O–H groups in total. The third-order valence-electron chi connectivity index (χ3n) is 4.96. The zero-order valence-corrected chi connectivity index (χ0v) is 13.0. The highest BCUT2D eigenvalue weighted by Crippen LogP contribution is 2.59. The maximum atomic E-state index is 12.1. The van der Waals surface area contributed by atoms with Crippen molar-refractivity contribution in [2.75, 3.05) is 0 Å². The highest BCUT2D eigenvalue weighted by Gasteiger charge is 2.54. The number of rotatable bonds is 2. The minimum Gasteiger partial charge on any atom is -0.281 e. The number of hydrogen-bond donors (Lipinski definition) is 0. The van der Waals surface area contributed by atoms with Crippen molar-refractivity contribution in [3.63, 3.8) is 0 Å². The van der Waals surface area contributed by atoms with Gasteiger partial charge in [-0.25, -0.2) is 0 Å². The first-order valence-electron chi connectivity index (χ1n) is 7.17. The first-order chi connectivity index (χ1) is 10.6. The summed E-state index contributed by atoms with van der Waals surface area (Å²) in [6.07, 6.45) is 0. The molecule has 0 amide bonds. The maximum Gasteiger partial charge on any atom is 0.226 e. The Labute approximate surface area is 138 Å². The van der Waals surface area contributed by atoms with Crippen LogP contribution in [0.3, 0.4) is 0 Å². The number of halogens is 2. The van der Waals surface area contributed by atoms with Crippen LogP contribution in [0.2, 0.25) is 0 Å². The minimum atomic E-state index is -0.596. The van der Waals surface area contributed by atoms with E-state index >= 15 is 0 Å². The summed E-state index contributed by atoms with van der Waals surface area (Å²) in [4.78, 5) is 24.2. The zero-order valence-electron chi connectivity index (χ0n) is 11.5. The highest BCUT2D eigenvalue weighted by molar-refractivity contribution is 6.67. The SMILES string of the molecule is O=C(Cl)[C@@H]1C2c3ccccc3C(c3ccccc32)[C@H]1C(=O)Cl. The monoisotopic (exact) mass is 330 g/mol. The van der Waals surface area contributed by atoms with Gasteiger partial charge in [-0.1, -0.05) is 48.5 Å². The molecule has 4 heteroatoms. The molecule has 0 unspecified atom stereocenters. The maximum absolute atomic E-state index is 12.1. The molecule has 0 saturated carbocycles. The average Bonchev–Trinajstić information content (AvgIpc) is 2.53. The first kappa shape index (κ1) is 14.0. The third-order valence-corrected chi connectivity index (χ3v) is 5.47. The van der Waals surface area contributed by atoms with E-state index in [2.05, 4.69) is 0 Å². The molecular formula is C18H12Cl2O2. The first-order valence-corrected chi connectivity index (χ1v) is 7.93. The lowest BCUT2D eigenvalue weighted by Gasteiger charge is -2.48. The second kappa shape index (κ2) is 4.94. The van der Waals surface area contributed by atoms with Crippen LogP contribution in [0.1, 0.15) is 34.1 Å². The van der Waals surface area contributed by atoms with E-state index in [0.29, 0.717) is 0 Å².